The Morgan fingerprint density at radius 2 is 1.22 bits per heavy atom. The predicted octanol–water partition coefficient (Wildman–Crippen LogP) is 5.98. The minimum Gasteiger partial charge on any atom is -0.497 e. The highest BCUT2D eigenvalue weighted by atomic mass is 16.5. The maximum atomic E-state index is 13.7. The molecular weight excluding hydrogens is 626 g/mol. The molecule has 4 aromatic rings. The molecule has 0 aliphatic rings. The van der Waals surface area contributed by atoms with E-state index in [4.69, 9.17) is 14.2 Å². The molecule has 0 radical (unpaired) electrons. The van der Waals surface area contributed by atoms with Crippen molar-refractivity contribution in [3.63, 3.8) is 0 Å². The van der Waals surface area contributed by atoms with Crippen molar-refractivity contribution in [2.75, 3.05) is 33.9 Å². The minimum atomic E-state index is -0.476. The van der Waals surface area contributed by atoms with Gasteiger partial charge in [-0.2, -0.15) is 10.2 Å². The summed E-state index contributed by atoms with van der Waals surface area (Å²) in [5.74, 6) is 0.333. The molecule has 2 aromatic carbocycles. The fourth-order valence-electron chi connectivity index (χ4n) is 5.48. The molecule has 0 aliphatic heterocycles. The van der Waals surface area contributed by atoms with Crippen LogP contribution in [0.25, 0.3) is 21.8 Å². The van der Waals surface area contributed by atoms with Gasteiger partial charge in [0.25, 0.3) is 0 Å². The molecule has 2 aromatic heterocycles. The van der Waals surface area contributed by atoms with Crippen molar-refractivity contribution in [2.45, 2.75) is 73.9 Å². The summed E-state index contributed by atoms with van der Waals surface area (Å²) in [4.78, 5) is 54.1. The number of methoxy groups -OCH3 is 2. The van der Waals surface area contributed by atoms with E-state index in [0.717, 1.165) is 6.42 Å². The van der Waals surface area contributed by atoms with Crippen LogP contribution >= 0.6 is 0 Å². The minimum absolute atomic E-state index is 0.0218. The van der Waals surface area contributed by atoms with E-state index >= 15 is 0 Å². The number of Topliss-reactive ketones (excluding diaryl/α,β-unsaturated/α-hetero) is 2. The van der Waals surface area contributed by atoms with Crippen molar-refractivity contribution in [2.24, 2.45) is 17.8 Å². The summed E-state index contributed by atoms with van der Waals surface area (Å²) in [6.45, 7) is 12.6. The molecule has 0 unspecified atom stereocenters. The Kier molecular flexibility index (Phi) is 12.5. The average molecular weight is 676 g/mol. The summed E-state index contributed by atoms with van der Waals surface area (Å²) >= 11 is 0. The molecule has 12 nitrogen and oxygen atoms in total. The van der Waals surface area contributed by atoms with Crippen LogP contribution in [-0.2, 0) is 27.4 Å². The van der Waals surface area contributed by atoms with E-state index in [9.17, 15) is 19.2 Å². The van der Waals surface area contributed by atoms with E-state index < -0.39 is 5.97 Å². The molecule has 0 bridgehead atoms. The summed E-state index contributed by atoms with van der Waals surface area (Å²) in [6, 6.07) is 10.7. The van der Waals surface area contributed by atoms with Crippen LogP contribution in [0.15, 0.2) is 36.4 Å². The molecule has 49 heavy (non-hydrogen) atoms. The number of ether oxygens (including phenoxy) is 3. The Morgan fingerprint density at radius 3 is 1.69 bits per heavy atom. The van der Waals surface area contributed by atoms with Gasteiger partial charge >= 0.3 is 5.97 Å². The van der Waals surface area contributed by atoms with Crippen LogP contribution in [0.4, 0.5) is 0 Å². The second-order valence-electron chi connectivity index (χ2n) is 13.3. The van der Waals surface area contributed by atoms with Crippen LogP contribution in [0, 0.1) is 17.8 Å². The lowest BCUT2D eigenvalue weighted by molar-refractivity contribution is -0.144. The lowest BCUT2D eigenvalue weighted by Gasteiger charge is -2.24. The van der Waals surface area contributed by atoms with Gasteiger partial charge in [0.2, 0.25) is 5.91 Å². The summed E-state index contributed by atoms with van der Waals surface area (Å²) in [6.07, 6.45) is 2.00. The zero-order valence-corrected chi connectivity index (χ0v) is 29.9. The maximum Gasteiger partial charge on any atom is 0.327 e. The monoisotopic (exact) mass is 675 g/mol. The molecule has 0 N–H and O–H groups in total. The highest BCUT2D eigenvalue weighted by Crippen LogP contribution is 2.27. The van der Waals surface area contributed by atoms with E-state index in [1.807, 2.05) is 38.7 Å². The smallest absolute Gasteiger partial charge is 0.327 e. The molecule has 1 amide bonds. The van der Waals surface area contributed by atoms with E-state index in [1.54, 1.807) is 49.2 Å². The molecule has 0 atom stereocenters. The van der Waals surface area contributed by atoms with Crippen LogP contribution in [0.3, 0.4) is 0 Å². The first-order valence-electron chi connectivity index (χ1n) is 16.9. The summed E-state index contributed by atoms with van der Waals surface area (Å²) < 4.78 is 19.4. The number of fused-ring (bicyclic) bond motifs is 2. The molecule has 12 heteroatoms. The Balaban J connectivity index is 1.39. The number of hydrogen-bond acceptors (Lipinski definition) is 9. The van der Waals surface area contributed by atoms with Gasteiger partial charge in [-0.15, -0.1) is 0 Å². The molecule has 0 saturated heterocycles. The van der Waals surface area contributed by atoms with Gasteiger partial charge in [-0.25, -0.2) is 0 Å². The van der Waals surface area contributed by atoms with Crippen LogP contribution in [0.1, 0.15) is 81.8 Å². The van der Waals surface area contributed by atoms with Crippen molar-refractivity contribution in [1.82, 2.24) is 24.5 Å². The van der Waals surface area contributed by atoms with E-state index in [1.165, 1.54) is 4.68 Å². The van der Waals surface area contributed by atoms with Crippen molar-refractivity contribution in [1.29, 1.82) is 0 Å². The third kappa shape index (κ3) is 9.04. The van der Waals surface area contributed by atoms with Gasteiger partial charge in [0.15, 0.2) is 11.6 Å². The summed E-state index contributed by atoms with van der Waals surface area (Å²) in [7, 11) is 3.12. The van der Waals surface area contributed by atoms with Gasteiger partial charge in [-0.05, 0) is 49.4 Å². The summed E-state index contributed by atoms with van der Waals surface area (Å²) in [5, 5.41) is 10.4. The number of carbonyl (C=O) groups is 4. The Morgan fingerprint density at radius 1 is 0.714 bits per heavy atom. The number of hydrogen-bond donors (Lipinski definition) is 0. The van der Waals surface area contributed by atoms with Gasteiger partial charge in [-0.1, -0.05) is 41.5 Å². The lowest BCUT2D eigenvalue weighted by atomic mass is 10.0. The van der Waals surface area contributed by atoms with Crippen LogP contribution in [0.2, 0.25) is 0 Å². The van der Waals surface area contributed by atoms with Crippen LogP contribution in [-0.4, -0.2) is 81.8 Å². The van der Waals surface area contributed by atoms with Crippen molar-refractivity contribution >= 4 is 45.2 Å². The van der Waals surface area contributed by atoms with Crippen LogP contribution in [0.5, 0.6) is 11.5 Å². The highest BCUT2D eigenvalue weighted by Gasteiger charge is 2.24. The topological polar surface area (TPSA) is 135 Å². The Hall–Kier alpha value is -4.74. The first-order valence-corrected chi connectivity index (χ1v) is 16.9. The number of amides is 1. The van der Waals surface area contributed by atoms with Crippen LogP contribution < -0.4 is 9.47 Å². The standard InChI is InChI=1S/C37H49N5O7/c1-23(2)15-17-40(32(43)21-41-30-19-26(47-7)11-13-28(30)34(38-41)36(45)24(3)4)16-9-10-18-49-33(44)22-42-31-20-27(48-8)12-14-29(31)35(39-42)37(46)25(5)6/h11-14,19-20,23-25H,9-10,15-18,21-22H2,1-8H3. The first-order chi connectivity index (χ1) is 23.3. The molecule has 4 rings (SSSR count). The molecule has 0 aliphatic carbocycles. The number of benzene rings is 2. The number of carbonyl (C=O) groups excluding carboxylic acids is 4. The molecule has 2 heterocycles. The molecule has 264 valence electrons. The van der Waals surface area contributed by atoms with Crippen molar-refractivity contribution in [3.8, 4) is 11.5 Å². The lowest BCUT2D eigenvalue weighted by Crippen LogP contribution is -2.36. The highest BCUT2D eigenvalue weighted by molar-refractivity contribution is 6.08. The maximum absolute atomic E-state index is 13.7. The predicted molar refractivity (Wildman–Crippen MR) is 187 cm³/mol. The van der Waals surface area contributed by atoms with E-state index in [2.05, 4.69) is 24.0 Å². The third-order valence-electron chi connectivity index (χ3n) is 8.41. The number of nitrogens with zero attached hydrogens (tertiary/aromatic N) is 5. The first kappa shape index (κ1) is 37.1. The quantitative estimate of drug-likeness (QED) is 0.0709. The molecule has 0 saturated carbocycles. The van der Waals surface area contributed by atoms with Gasteiger partial charge in [-0.3, -0.25) is 28.5 Å². The Bertz CT molecular complexity index is 1800. The zero-order chi connectivity index (χ0) is 35.8. The van der Waals surface area contributed by atoms with Gasteiger partial charge in [0.05, 0.1) is 31.9 Å². The number of ketones is 2. The van der Waals surface area contributed by atoms with E-state index in [0.29, 0.717) is 76.5 Å². The second-order valence-corrected chi connectivity index (χ2v) is 13.3. The molecule has 0 spiro atoms. The summed E-state index contributed by atoms with van der Waals surface area (Å²) in [5.41, 5.74) is 1.94. The zero-order valence-electron chi connectivity index (χ0n) is 29.9. The molecular formula is C37H49N5O7. The van der Waals surface area contributed by atoms with Gasteiger partial charge < -0.3 is 19.1 Å². The van der Waals surface area contributed by atoms with Gasteiger partial charge in [0.1, 0.15) is 36.0 Å². The Labute approximate surface area is 287 Å². The average Bonchev–Trinajstić information content (AvgIpc) is 3.61. The second kappa shape index (κ2) is 16.6. The van der Waals surface area contributed by atoms with Crippen molar-refractivity contribution in [3.05, 3.63) is 47.8 Å². The number of rotatable bonds is 18. The fourth-order valence-corrected chi connectivity index (χ4v) is 5.48. The SMILES string of the molecule is COc1ccc2c(C(=O)C(C)C)nn(CC(=O)OCCCCN(CCC(C)C)C(=O)Cn3nc(C(=O)C(C)C)c4ccc(OC)cc43)c2c1. The van der Waals surface area contributed by atoms with Crippen molar-refractivity contribution < 1.29 is 33.4 Å². The largest absolute Gasteiger partial charge is 0.497 e. The van der Waals surface area contributed by atoms with E-state index in [-0.39, 0.29) is 49.0 Å². The van der Waals surface area contributed by atoms with Gasteiger partial charge in [0, 0.05) is 47.8 Å². The molecule has 0 fully saturated rings. The fraction of sp³-hybridized carbons (Fsp3) is 0.514. The number of aromatic nitrogens is 4. The number of unbranched alkanes of at least 4 members (excludes halogenated alkanes) is 1. The normalized spacial score (nSPS) is 11.6. The number of esters is 1. The third-order valence-corrected chi connectivity index (χ3v) is 8.41.